The van der Waals surface area contributed by atoms with Gasteiger partial charge in [0.15, 0.2) is 0 Å². The van der Waals surface area contributed by atoms with Crippen molar-refractivity contribution in [3.63, 3.8) is 0 Å². The summed E-state index contributed by atoms with van der Waals surface area (Å²) in [6, 6.07) is 15.9. The molecule has 0 saturated carbocycles. The number of hydrogen-bond acceptors (Lipinski definition) is 8. The Morgan fingerprint density at radius 2 is 1.89 bits per heavy atom. The van der Waals surface area contributed by atoms with Gasteiger partial charge in [0.2, 0.25) is 0 Å². The van der Waals surface area contributed by atoms with Gasteiger partial charge >= 0.3 is 6.09 Å². The van der Waals surface area contributed by atoms with Crippen LogP contribution >= 0.6 is 11.3 Å². The van der Waals surface area contributed by atoms with Gasteiger partial charge in [0.25, 0.3) is 5.91 Å². The van der Waals surface area contributed by atoms with Crippen LogP contribution in [0.15, 0.2) is 72.8 Å². The molecule has 232 valence electrons. The highest BCUT2D eigenvalue weighted by Crippen LogP contribution is 2.27. The number of likely N-dealkylation sites (tertiary alicyclic amines) is 1. The SMILES string of the molecule is Cc1cn(-c2cc(CN3CCC[C@H](NC(=O)OC(C)(C)C)C3)cc(NC(=O)c3cc(-c4ccc5scnc5c4)ccn3)c2)cn1. The standard InChI is InChI=1S/C34H37N7O3S/c1-22-17-41(20-36-22)28-13-23(18-40-11-5-6-26(19-40)39-33(43)44-34(2,3)4)12-27(16-28)38-32(42)30-15-25(9-10-35-30)24-7-8-31-29(14-24)37-21-45-31/h7-10,12-17,20-21,26H,5-6,11,18-19H2,1-4H3,(H,38,42)(H,39,43)/t26-/m0/s1. The summed E-state index contributed by atoms with van der Waals surface area (Å²) >= 11 is 1.60. The Labute approximate surface area is 266 Å². The lowest BCUT2D eigenvalue weighted by Crippen LogP contribution is -2.48. The van der Waals surface area contributed by atoms with Gasteiger partial charge in [-0.3, -0.25) is 14.7 Å². The minimum Gasteiger partial charge on any atom is -0.444 e. The molecule has 3 aromatic heterocycles. The molecule has 11 heteroatoms. The van der Waals surface area contributed by atoms with Gasteiger partial charge in [-0.05, 0) is 106 Å². The molecular formula is C34H37N7O3S. The number of nitrogens with zero attached hydrogens (tertiary/aromatic N) is 5. The van der Waals surface area contributed by atoms with Crippen LogP contribution in [0, 0.1) is 6.92 Å². The molecule has 1 atom stereocenters. The van der Waals surface area contributed by atoms with E-state index in [2.05, 4.69) is 36.6 Å². The van der Waals surface area contributed by atoms with Crippen molar-refractivity contribution in [2.24, 2.45) is 0 Å². The summed E-state index contributed by atoms with van der Waals surface area (Å²) < 4.78 is 8.54. The van der Waals surface area contributed by atoms with Crippen molar-refractivity contribution in [3.05, 3.63) is 89.7 Å². The van der Waals surface area contributed by atoms with Crippen molar-refractivity contribution in [2.45, 2.75) is 58.7 Å². The number of thiazole rings is 1. The molecule has 1 aliphatic rings. The fraction of sp³-hybridized carbons (Fsp3) is 0.324. The monoisotopic (exact) mass is 623 g/mol. The molecule has 2 N–H and O–H groups in total. The first kappa shape index (κ1) is 30.4. The Kier molecular flexibility index (Phi) is 8.64. The summed E-state index contributed by atoms with van der Waals surface area (Å²) in [6.45, 7) is 9.80. The van der Waals surface area contributed by atoms with Crippen molar-refractivity contribution in [2.75, 3.05) is 18.4 Å². The minimum atomic E-state index is -0.544. The van der Waals surface area contributed by atoms with E-state index in [1.165, 1.54) is 0 Å². The first-order chi connectivity index (χ1) is 21.6. The van der Waals surface area contributed by atoms with E-state index in [1.54, 1.807) is 29.9 Å². The van der Waals surface area contributed by atoms with Crippen LogP contribution in [0.5, 0.6) is 0 Å². The normalized spacial score (nSPS) is 15.6. The number of benzene rings is 2. The smallest absolute Gasteiger partial charge is 0.407 e. The van der Waals surface area contributed by atoms with Gasteiger partial charge in [-0.25, -0.2) is 14.8 Å². The largest absolute Gasteiger partial charge is 0.444 e. The lowest BCUT2D eigenvalue weighted by molar-refractivity contribution is 0.0470. The Morgan fingerprint density at radius 3 is 2.69 bits per heavy atom. The highest BCUT2D eigenvalue weighted by Gasteiger charge is 2.24. The zero-order valence-electron chi connectivity index (χ0n) is 25.9. The maximum Gasteiger partial charge on any atom is 0.407 e. The van der Waals surface area contributed by atoms with Crippen LogP contribution < -0.4 is 10.6 Å². The van der Waals surface area contributed by atoms with E-state index in [-0.39, 0.29) is 11.9 Å². The third-order valence-electron chi connectivity index (χ3n) is 7.53. The third-order valence-corrected chi connectivity index (χ3v) is 8.34. The van der Waals surface area contributed by atoms with Crippen LogP contribution in [-0.2, 0) is 11.3 Å². The number of hydrogen-bond donors (Lipinski definition) is 2. The van der Waals surface area contributed by atoms with Gasteiger partial charge in [-0.15, -0.1) is 11.3 Å². The van der Waals surface area contributed by atoms with Crippen LogP contribution in [0.4, 0.5) is 10.5 Å². The first-order valence-electron chi connectivity index (χ1n) is 15.1. The number of anilines is 1. The molecule has 0 unspecified atom stereocenters. The zero-order valence-corrected chi connectivity index (χ0v) is 26.7. The predicted molar refractivity (Wildman–Crippen MR) is 177 cm³/mol. The van der Waals surface area contributed by atoms with Gasteiger partial charge in [-0.1, -0.05) is 6.07 Å². The fourth-order valence-electron chi connectivity index (χ4n) is 5.57. The second kappa shape index (κ2) is 12.8. The molecule has 0 spiro atoms. The van der Waals surface area contributed by atoms with E-state index in [4.69, 9.17) is 4.74 Å². The summed E-state index contributed by atoms with van der Waals surface area (Å²) in [5, 5.41) is 6.10. The number of aromatic nitrogens is 4. The number of nitrogens with one attached hydrogen (secondary N) is 2. The highest BCUT2D eigenvalue weighted by molar-refractivity contribution is 7.16. The molecule has 45 heavy (non-hydrogen) atoms. The maximum atomic E-state index is 13.5. The highest BCUT2D eigenvalue weighted by atomic mass is 32.1. The van der Waals surface area contributed by atoms with E-state index in [0.29, 0.717) is 24.5 Å². The van der Waals surface area contributed by atoms with Crippen LogP contribution in [0.1, 0.15) is 55.4 Å². The Bertz CT molecular complexity index is 1840. The van der Waals surface area contributed by atoms with Gasteiger partial charge in [0.1, 0.15) is 11.3 Å². The van der Waals surface area contributed by atoms with Crippen molar-refractivity contribution in [1.82, 2.24) is 29.7 Å². The van der Waals surface area contributed by atoms with Crippen molar-refractivity contribution < 1.29 is 14.3 Å². The molecule has 2 amide bonds. The second-order valence-electron chi connectivity index (χ2n) is 12.4. The van der Waals surface area contributed by atoms with Crippen LogP contribution in [0.2, 0.25) is 0 Å². The second-order valence-corrected chi connectivity index (χ2v) is 13.3. The average Bonchev–Trinajstić information content (AvgIpc) is 3.65. The quantitative estimate of drug-likeness (QED) is 0.210. The fourth-order valence-corrected chi connectivity index (χ4v) is 6.22. The van der Waals surface area contributed by atoms with Gasteiger partial charge in [-0.2, -0.15) is 0 Å². The first-order valence-corrected chi connectivity index (χ1v) is 15.9. The molecule has 1 fully saturated rings. The number of carbonyl (C=O) groups is 2. The summed E-state index contributed by atoms with van der Waals surface area (Å²) in [7, 11) is 0. The van der Waals surface area contributed by atoms with Crippen molar-refractivity contribution in [1.29, 1.82) is 0 Å². The number of fused-ring (bicyclic) bond motifs is 1. The van der Waals surface area contributed by atoms with E-state index in [1.807, 2.05) is 80.4 Å². The molecule has 6 rings (SSSR count). The van der Waals surface area contributed by atoms with Crippen LogP contribution in [0.25, 0.3) is 27.0 Å². The lowest BCUT2D eigenvalue weighted by Gasteiger charge is -2.33. The number of imidazole rings is 1. The summed E-state index contributed by atoms with van der Waals surface area (Å²) in [6.07, 6.45) is 6.85. The molecule has 1 saturated heterocycles. The molecule has 5 aromatic rings. The third kappa shape index (κ3) is 7.73. The average molecular weight is 624 g/mol. The predicted octanol–water partition coefficient (Wildman–Crippen LogP) is 6.59. The Morgan fingerprint density at radius 1 is 1.04 bits per heavy atom. The number of alkyl carbamates (subject to hydrolysis) is 1. The number of amides is 2. The molecule has 4 heterocycles. The number of pyridine rings is 1. The number of aryl methyl sites for hydroxylation is 1. The molecule has 1 aliphatic heterocycles. The van der Waals surface area contributed by atoms with E-state index in [9.17, 15) is 9.59 Å². The molecule has 10 nitrogen and oxygen atoms in total. The maximum absolute atomic E-state index is 13.5. The Hall–Kier alpha value is -4.61. The number of rotatable bonds is 7. The molecule has 0 aliphatic carbocycles. The number of carbonyl (C=O) groups excluding carboxylic acids is 2. The zero-order chi connectivity index (χ0) is 31.6. The number of piperidine rings is 1. The summed E-state index contributed by atoms with van der Waals surface area (Å²) in [4.78, 5) is 41.4. The van der Waals surface area contributed by atoms with E-state index < -0.39 is 11.7 Å². The molecule has 0 radical (unpaired) electrons. The van der Waals surface area contributed by atoms with Crippen LogP contribution in [-0.4, -0.2) is 61.2 Å². The molecule has 0 bridgehead atoms. The van der Waals surface area contributed by atoms with E-state index >= 15 is 0 Å². The van der Waals surface area contributed by atoms with Gasteiger partial charge in [0, 0.05) is 42.9 Å². The summed E-state index contributed by atoms with van der Waals surface area (Å²) in [5.41, 5.74) is 7.90. The van der Waals surface area contributed by atoms with Crippen LogP contribution in [0.3, 0.4) is 0 Å². The lowest BCUT2D eigenvalue weighted by atomic mass is 10.0. The van der Waals surface area contributed by atoms with Gasteiger partial charge in [0.05, 0.1) is 27.7 Å². The topological polar surface area (TPSA) is 114 Å². The van der Waals surface area contributed by atoms with Crippen molar-refractivity contribution >= 4 is 39.2 Å². The van der Waals surface area contributed by atoms with Gasteiger partial charge < -0.3 is 19.9 Å². The van der Waals surface area contributed by atoms with Crippen molar-refractivity contribution in [3.8, 4) is 16.8 Å². The minimum absolute atomic E-state index is 0.00170. The Balaban J connectivity index is 1.20. The molecule has 2 aromatic carbocycles. The number of ether oxygens (including phenoxy) is 1. The summed E-state index contributed by atoms with van der Waals surface area (Å²) in [5.74, 6) is -0.295. The molecular weight excluding hydrogens is 586 g/mol. The van der Waals surface area contributed by atoms with E-state index in [0.717, 1.165) is 57.7 Å².